The third-order valence-corrected chi connectivity index (χ3v) is 5.02. The van der Waals surface area contributed by atoms with Gasteiger partial charge in [-0.3, -0.25) is 18.6 Å². The van der Waals surface area contributed by atoms with Gasteiger partial charge >= 0.3 is 19.8 Å². The summed E-state index contributed by atoms with van der Waals surface area (Å²) in [6.45, 7) is 1.72. The molecule has 0 fully saturated rings. The van der Waals surface area contributed by atoms with Gasteiger partial charge < -0.3 is 24.6 Å². The molecule has 0 saturated carbocycles. The van der Waals surface area contributed by atoms with Gasteiger partial charge in [0.1, 0.15) is 12.2 Å². The van der Waals surface area contributed by atoms with Crippen molar-refractivity contribution in [2.24, 2.45) is 0 Å². The lowest BCUT2D eigenvalue weighted by atomic mass is 10.1. The van der Waals surface area contributed by atoms with E-state index in [4.69, 9.17) is 18.5 Å². The van der Waals surface area contributed by atoms with E-state index in [-0.39, 0.29) is 12.8 Å². The predicted molar refractivity (Wildman–Crippen MR) is 109 cm³/mol. The molecule has 178 valence electrons. The van der Waals surface area contributed by atoms with Crippen LogP contribution in [0.2, 0.25) is 0 Å². The first-order valence-corrected chi connectivity index (χ1v) is 12.0. The molecule has 0 spiro atoms. The number of phosphoric acid groups is 1. The predicted octanol–water partition coefficient (Wildman–Crippen LogP) is 2.48. The number of carbonyl (C=O) groups excluding carboxylic acids is 2. The highest BCUT2D eigenvalue weighted by atomic mass is 31.2. The molecular weight excluding hydrogens is 419 g/mol. The Kier molecular flexibility index (Phi) is 17.0. The Morgan fingerprint density at radius 3 is 1.63 bits per heavy atom. The molecule has 0 aromatic heterocycles. The molecular formula is C19H37O10P. The summed E-state index contributed by atoms with van der Waals surface area (Å²) in [7, 11) is -4.57. The maximum atomic E-state index is 11.9. The van der Waals surface area contributed by atoms with E-state index >= 15 is 0 Å². The van der Waals surface area contributed by atoms with Crippen molar-refractivity contribution in [2.45, 2.75) is 83.8 Å². The van der Waals surface area contributed by atoms with Crippen molar-refractivity contribution >= 4 is 19.8 Å². The van der Waals surface area contributed by atoms with E-state index in [0.29, 0.717) is 12.8 Å². The van der Waals surface area contributed by atoms with E-state index < -0.39 is 58.4 Å². The van der Waals surface area contributed by atoms with Crippen LogP contribution in [0.1, 0.15) is 71.6 Å². The summed E-state index contributed by atoms with van der Waals surface area (Å²) in [6.07, 6.45) is 4.35. The monoisotopic (exact) mass is 456 g/mol. The summed E-state index contributed by atoms with van der Waals surface area (Å²) in [4.78, 5) is 33.0. The summed E-state index contributed by atoms with van der Waals surface area (Å²) in [6, 6.07) is 0. The fourth-order valence-corrected chi connectivity index (χ4v) is 3.11. The standard InChI is InChI=1S/C19H37O10P/c1-3-5-7-8-9-11-19(23)29-17(13-21)15-27-30(24,25)26-14-16(12-20)28-18(22)10-6-4-2/h16-17,20-21H,3-15H2,1-2H3,(H,24,25). The van der Waals surface area contributed by atoms with E-state index in [0.717, 1.165) is 32.1 Å². The number of unbranched alkanes of at least 4 members (excludes halogenated alkanes) is 5. The zero-order chi connectivity index (χ0) is 22.8. The minimum Gasteiger partial charge on any atom is -0.457 e. The van der Waals surface area contributed by atoms with Crippen LogP contribution < -0.4 is 0 Å². The van der Waals surface area contributed by atoms with Crippen LogP contribution in [-0.4, -0.2) is 65.7 Å². The summed E-state index contributed by atoms with van der Waals surface area (Å²) >= 11 is 0. The average molecular weight is 456 g/mol. The molecule has 0 aliphatic carbocycles. The van der Waals surface area contributed by atoms with Gasteiger partial charge in [0.2, 0.25) is 0 Å². The largest absolute Gasteiger partial charge is 0.472 e. The molecule has 3 N–H and O–H groups in total. The van der Waals surface area contributed by atoms with E-state index in [1.165, 1.54) is 0 Å². The van der Waals surface area contributed by atoms with Gasteiger partial charge in [-0.1, -0.05) is 46.0 Å². The van der Waals surface area contributed by atoms with Crippen LogP contribution in [0.25, 0.3) is 0 Å². The molecule has 0 radical (unpaired) electrons. The molecule has 30 heavy (non-hydrogen) atoms. The lowest BCUT2D eigenvalue weighted by Crippen LogP contribution is -2.28. The second-order valence-electron chi connectivity index (χ2n) is 6.92. The highest BCUT2D eigenvalue weighted by Gasteiger charge is 2.27. The lowest BCUT2D eigenvalue weighted by Gasteiger charge is -2.20. The smallest absolute Gasteiger partial charge is 0.457 e. The summed E-state index contributed by atoms with van der Waals surface area (Å²) in [5.74, 6) is -1.07. The van der Waals surface area contributed by atoms with Crippen LogP contribution in [0.3, 0.4) is 0 Å². The molecule has 0 rings (SSSR count). The van der Waals surface area contributed by atoms with Crippen molar-refractivity contribution in [2.75, 3.05) is 26.4 Å². The maximum Gasteiger partial charge on any atom is 0.472 e. The van der Waals surface area contributed by atoms with Crippen LogP contribution in [-0.2, 0) is 32.7 Å². The van der Waals surface area contributed by atoms with Crippen LogP contribution in [0.5, 0.6) is 0 Å². The van der Waals surface area contributed by atoms with Crippen LogP contribution in [0.15, 0.2) is 0 Å². The van der Waals surface area contributed by atoms with Crippen LogP contribution >= 0.6 is 7.82 Å². The lowest BCUT2D eigenvalue weighted by molar-refractivity contribution is -0.153. The summed E-state index contributed by atoms with van der Waals surface area (Å²) in [5, 5.41) is 18.5. The molecule has 3 unspecified atom stereocenters. The third kappa shape index (κ3) is 15.8. The normalized spacial score (nSPS) is 15.2. The second kappa shape index (κ2) is 17.6. The number of esters is 2. The van der Waals surface area contributed by atoms with Gasteiger partial charge in [0.15, 0.2) is 0 Å². The number of hydrogen-bond acceptors (Lipinski definition) is 9. The fourth-order valence-electron chi connectivity index (χ4n) is 2.32. The molecule has 0 heterocycles. The molecule has 3 atom stereocenters. The molecule has 0 aromatic rings. The summed E-state index contributed by atoms with van der Waals surface area (Å²) < 4.78 is 31.4. The number of aliphatic hydroxyl groups is 2. The number of rotatable bonds is 19. The fraction of sp³-hybridized carbons (Fsp3) is 0.895. The minimum atomic E-state index is -4.57. The Labute approximate surface area is 178 Å². The first-order chi connectivity index (χ1) is 14.3. The van der Waals surface area contributed by atoms with Crippen molar-refractivity contribution in [3.63, 3.8) is 0 Å². The Morgan fingerprint density at radius 2 is 1.20 bits per heavy atom. The second-order valence-corrected chi connectivity index (χ2v) is 8.37. The van der Waals surface area contributed by atoms with Gasteiger partial charge in [0, 0.05) is 12.8 Å². The molecule has 0 aliphatic rings. The number of ether oxygens (including phenoxy) is 2. The SMILES string of the molecule is CCCCCCCC(=O)OC(CO)COP(=O)(O)OCC(CO)OC(=O)CCCC. The molecule has 11 heteroatoms. The molecule has 0 aromatic carbocycles. The molecule has 0 saturated heterocycles. The van der Waals surface area contributed by atoms with Crippen LogP contribution in [0, 0.1) is 0 Å². The first-order valence-electron chi connectivity index (χ1n) is 10.5. The highest BCUT2D eigenvalue weighted by molar-refractivity contribution is 7.47. The Balaban J connectivity index is 4.27. The van der Waals surface area contributed by atoms with E-state index in [2.05, 4.69) is 6.92 Å². The maximum absolute atomic E-state index is 11.9. The van der Waals surface area contributed by atoms with Gasteiger partial charge in [-0.05, 0) is 12.8 Å². The number of carbonyl (C=O) groups is 2. The van der Waals surface area contributed by atoms with E-state index in [1.807, 2.05) is 6.92 Å². The highest BCUT2D eigenvalue weighted by Crippen LogP contribution is 2.43. The topological polar surface area (TPSA) is 149 Å². The molecule has 0 bridgehead atoms. The minimum absolute atomic E-state index is 0.169. The first kappa shape index (κ1) is 29.0. The molecule has 0 aliphatic heterocycles. The van der Waals surface area contributed by atoms with E-state index in [1.54, 1.807) is 0 Å². The summed E-state index contributed by atoms with van der Waals surface area (Å²) in [5.41, 5.74) is 0. The average Bonchev–Trinajstić information content (AvgIpc) is 2.72. The van der Waals surface area contributed by atoms with Crippen molar-refractivity contribution < 1.29 is 47.8 Å². The Morgan fingerprint density at radius 1 is 0.767 bits per heavy atom. The van der Waals surface area contributed by atoms with Crippen LogP contribution in [0.4, 0.5) is 0 Å². The van der Waals surface area contributed by atoms with Gasteiger partial charge in [-0.25, -0.2) is 4.57 Å². The number of phosphoric ester groups is 1. The quantitative estimate of drug-likeness (QED) is 0.150. The number of aliphatic hydroxyl groups excluding tert-OH is 2. The van der Waals surface area contributed by atoms with E-state index in [9.17, 15) is 29.3 Å². The van der Waals surface area contributed by atoms with Gasteiger partial charge in [-0.2, -0.15) is 0 Å². The van der Waals surface area contributed by atoms with Crippen molar-refractivity contribution in [1.29, 1.82) is 0 Å². The van der Waals surface area contributed by atoms with Gasteiger partial charge in [0.05, 0.1) is 26.4 Å². The third-order valence-electron chi connectivity index (χ3n) is 4.07. The Bertz CT molecular complexity index is 514. The molecule has 0 amide bonds. The van der Waals surface area contributed by atoms with Crippen molar-refractivity contribution in [3.05, 3.63) is 0 Å². The number of hydrogen-bond donors (Lipinski definition) is 3. The Hall–Kier alpha value is -1.03. The van der Waals surface area contributed by atoms with Gasteiger partial charge in [-0.15, -0.1) is 0 Å². The van der Waals surface area contributed by atoms with Gasteiger partial charge in [0.25, 0.3) is 0 Å². The molecule has 10 nitrogen and oxygen atoms in total. The zero-order valence-electron chi connectivity index (χ0n) is 18.0. The zero-order valence-corrected chi connectivity index (χ0v) is 18.9. The van der Waals surface area contributed by atoms with Crippen molar-refractivity contribution in [1.82, 2.24) is 0 Å². The van der Waals surface area contributed by atoms with Crippen molar-refractivity contribution in [3.8, 4) is 0 Å².